The van der Waals surface area contributed by atoms with Gasteiger partial charge in [0.15, 0.2) is 0 Å². The highest BCUT2D eigenvalue weighted by atomic mass is 16.5. The van der Waals surface area contributed by atoms with Gasteiger partial charge in [0.05, 0.1) is 23.4 Å². The Hall–Kier alpha value is -2.82. The van der Waals surface area contributed by atoms with E-state index in [-0.39, 0.29) is 17.7 Å². The number of aromatic carboxylic acids is 1. The van der Waals surface area contributed by atoms with Crippen LogP contribution in [0.25, 0.3) is 0 Å². The van der Waals surface area contributed by atoms with Crippen molar-refractivity contribution in [3.8, 4) is 0 Å². The van der Waals surface area contributed by atoms with E-state index >= 15 is 0 Å². The summed E-state index contributed by atoms with van der Waals surface area (Å²) in [5.74, 6) is -1.41. The van der Waals surface area contributed by atoms with Crippen LogP contribution < -0.4 is 5.32 Å². The number of carbonyl (C=O) groups excluding carboxylic acids is 1. The summed E-state index contributed by atoms with van der Waals surface area (Å²) in [7, 11) is 0. The largest absolute Gasteiger partial charge is 0.478 e. The normalized spacial score (nSPS) is 10.5. The Labute approximate surface area is 141 Å². The Kier molecular flexibility index (Phi) is 5.58. The van der Waals surface area contributed by atoms with Crippen LogP contribution in [0.2, 0.25) is 0 Å². The van der Waals surface area contributed by atoms with Crippen molar-refractivity contribution in [2.45, 2.75) is 26.7 Å². The maximum atomic E-state index is 12.0. The number of ether oxygens (including phenoxy) is 1. The molecule has 2 N–H and O–H groups in total. The minimum absolute atomic E-state index is 0.0353. The van der Waals surface area contributed by atoms with Gasteiger partial charge in [0.25, 0.3) is 0 Å². The van der Waals surface area contributed by atoms with Crippen molar-refractivity contribution in [3.63, 3.8) is 0 Å². The van der Waals surface area contributed by atoms with Gasteiger partial charge in [0.1, 0.15) is 0 Å². The van der Waals surface area contributed by atoms with Gasteiger partial charge in [-0.25, -0.2) is 9.59 Å². The quantitative estimate of drug-likeness (QED) is 0.768. The molecular weight excluding hydrogens is 306 g/mol. The highest BCUT2D eigenvalue weighted by Crippen LogP contribution is 2.26. The fourth-order valence-electron chi connectivity index (χ4n) is 2.37. The molecule has 0 saturated carbocycles. The molecule has 0 aromatic heterocycles. The molecule has 126 valence electrons. The molecule has 0 aliphatic carbocycles. The van der Waals surface area contributed by atoms with Crippen LogP contribution in [0.5, 0.6) is 0 Å². The third-order valence-electron chi connectivity index (χ3n) is 3.63. The van der Waals surface area contributed by atoms with Crippen molar-refractivity contribution in [2.24, 2.45) is 0 Å². The Morgan fingerprint density at radius 2 is 1.79 bits per heavy atom. The molecule has 24 heavy (non-hydrogen) atoms. The molecule has 0 spiro atoms. The average Bonchev–Trinajstić information content (AvgIpc) is 2.55. The van der Waals surface area contributed by atoms with Crippen molar-refractivity contribution >= 4 is 23.3 Å². The first-order valence-electron chi connectivity index (χ1n) is 7.84. The third kappa shape index (κ3) is 3.93. The van der Waals surface area contributed by atoms with Crippen molar-refractivity contribution in [3.05, 3.63) is 59.2 Å². The Morgan fingerprint density at radius 3 is 2.33 bits per heavy atom. The lowest BCUT2D eigenvalue weighted by Gasteiger charge is -2.14. The molecule has 5 nitrogen and oxygen atoms in total. The van der Waals surface area contributed by atoms with Crippen LogP contribution in [0.15, 0.2) is 42.5 Å². The second-order valence-electron chi connectivity index (χ2n) is 5.66. The number of carboxylic acids is 1. The zero-order chi connectivity index (χ0) is 17.7. The summed E-state index contributed by atoms with van der Waals surface area (Å²) in [5.41, 5.74) is 2.24. The van der Waals surface area contributed by atoms with E-state index in [1.807, 2.05) is 24.3 Å². The van der Waals surface area contributed by atoms with Crippen LogP contribution in [-0.2, 0) is 4.74 Å². The van der Waals surface area contributed by atoms with E-state index in [4.69, 9.17) is 4.74 Å². The zero-order valence-corrected chi connectivity index (χ0v) is 14.0. The monoisotopic (exact) mass is 327 g/mol. The number of carbonyl (C=O) groups is 2. The third-order valence-corrected chi connectivity index (χ3v) is 3.63. The molecule has 0 aliphatic heterocycles. The summed E-state index contributed by atoms with van der Waals surface area (Å²) in [6.07, 6.45) is 0. The first-order valence-corrected chi connectivity index (χ1v) is 7.84. The van der Waals surface area contributed by atoms with Crippen molar-refractivity contribution in [1.82, 2.24) is 0 Å². The lowest BCUT2D eigenvalue weighted by atomic mass is 10.0. The van der Waals surface area contributed by atoms with E-state index in [1.165, 1.54) is 11.6 Å². The number of nitrogens with one attached hydrogen (secondary N) is 1. The molecule has 0 saturated heterocycles. The molecule has 0 amide bonds. The smallest absolute Gasteiger partial charge is 0.339 e. The number of rotatable bonds is 6. The molecule has 0 fully saturated rings. The Morgan fingerprint density at radius 1 is 1.12 bits per heavy atom. The van der Waals surface area contributed by atoms with Crippen molar-refractivity contribution in [1.29, 1.82) is 0 Å². The van der Waals surface area contributed by atoms with Gasteiger partial charge in [-0.3, -0.25) is 0 Å². The number of esters is 1. The van der Waals surface area contributed by atoms with E-state index < -0.39 is 11.9 Å². The molecular formula is C19H21NO4. The minimum Gasteiger partial charge on any atom is -0.478 e. The van der Waals surface area contributed by atoms with Crippen LogP contribution in [0.4, 0.5) is 11.4 Å². The van der Waals surface area contributed by atoms with E-state index in [1.54, 1.807) is 19.1 Å². The number of anilines is 2. The maximum Gasteiger partial charge on any atom is 0.339 e. The van der Waals surface area contributed by atoms with Gasteiger partial charge in [-0.1, -0.05) is 32.0 Å². The molecule has 5 heteroatoms. The van der Waals surface area contributed by atoms with Crippen molar-refractivity contribution < 1.29 is 19.4 Å². The fraction of sp³-hybridized carbons (Fsp3) is 0.263. The van der Waals surface area contributed by atoms with Gasteiger partial charge in [-0.2, -0.15) is 0 Å². The van der Waals surface area contributed by atoms with E-state index in [2.05, 4.69) is 19.2 Å². The predicted molar refractivity (Wildman–Crippen MR) is 93.2 cm³/mol. The summed E-state index contributed by atoms with van der Waals surface area (Å²) < 4.78 is 4.94. The standard InChI is InChI=1S/C19H21NO4/c1-4-24-19(23)15-6-5-7-16(17(15)18(21)22)20-14-10-8-13(9-11-14)12(2)3/h5-12,20H,4H2,1-3H3,(H,21,22). The van der Waals surface area contributed by atoms with Crippen LogP contribution >= 0.6 is 0 Å². The summed E-state index contributed by atoms with van der Waals surface area (Å²) in [5, 5.41) is 12.6. The molecule has 0 heterocycles. The topological polar surface area (TPSA) is 75.6 Å². The van der Waals surface area contributed by atoms with E-state index in [9.17, 15) is 14.7 Å². The van der Waals surface area contributed by atoms with Gasteiger partial charge >= 0.3 is 11.9 Å². The zero-order valence-electron chi connectivity index (χ0n) is 14.0. The van der Waals surface area contributed by atoms with Gasteiger partial charge in [0.2, 0.25) is 0 Å². The number of hydrogen-bond donors (Lipinski definition) is 2. The van der Waals surface area contributed by atoms with Gasteiger partial charge in [-0.05, 0) is 42.7 Å². The van der Waals surface area contributed by atoms with Crippen LogP contribution in [-0.4, -0.2) is 23.7 Å². The summed E-state index contributed by atoms with van der Waals surface area (Å²) >= 11 is 0. The van der Waals surface area contributed by atoms with Gasteiger partial charge < -0.3 is 15.2 Å². The van der Waals surface area contributed by atoms with E-state index in [0.29, 0.717) is 11.6 Å². The summed E-state index contributed by atoms with van der Waals surface area (Å²) in [6.45, 7) is 6.07. The molecule has 2 rings (SSSR count). The molecule has 0 radical (unpaired) electrons. The molecule has 0 bridgehead atoms. The number of benzene rings is 2. The maximum absolute atomic E-state index is 12.0. The molecule has 0 unspecified atom stereocenters. The molecule has 0 aliphatic rings. The van der Waals surface area contributed by atoms with Gasteiger partial charge in [-0.15, -0.1) is 0 Å². The second kappa shape index (κ2) is 7.64. The SMILES string of the molecule is CCOC(=O)c1cccc(Nc2ccc(C(C)C)cc2)c1C(=O)O. The van der Waals surface area contributed by atoms with E-state index in [0.717, 1.165) is 5.69 Å². The summed E-state index contributed by atoms with van der Waals surface area (Å²) in [4.78, 5) is 23.6. The summed E-state index contributed by atoms with van der Waals surface area (Å²) in [6, 6.07) is 12.5. The Balaban J connectivity index is 2.37. The van der Waals surface area contributed by atoms with Crippen LogP contribution in [0, 0.1) is 0 Å². The van der Waals surface area contributed by atoms with Crippen LogP contribution in [0.3, 0.4) is 0 Å². The van der Waals surface area contributed by atoms with Crippen molar-refractivity contribution in [2.75, 3.05) is 11.9 Å². The second-order valence-corrected chi connectivity index (χ2v) is 5.66. The highest BCUT2D eigenvalue weighted by molar-refractivity contribution is 6.06. The number of carboxylic acid groups (broad SMARTS) is 1. The number of hydrogen-bond acceptors (Lipinski definition) is 4. The molecule has 2 aromatic rings. The minimum atomic E-state index is -1.18. The van der Waals surface area contributed by atoms with Crippen LogP contribution in [0.1, 0.15) is 53.0 Å². The molecule has 0 atom stereocenters. The first kappa shape index (κ1) is 17.5. The molecule has 2 aromatic carbocycles. The lowest BCUT2D eigenvalue weighted by molar-refractivity contribution is 0.0515. The first-order chi connectivity index (χ1) is 11.4. The average molecular weight is 327 g/mol. The highest BCUT2D eigenvalue weighted by Gasteiger charge is 2.21. The Bertz CT molecular complexity index is 736. The fourth-order valence-corrected chi connectivity index (χ4v) is 2.37. The predicted octanol–water partition coefficient (Wildman–Crippen LogP) is 4.43. The lowest BCUT2D eigenvalue weighted by Crippen LogP contribution is -2.13. The van der Waals surface area contributed by atoms with Gasteiger partial charge in [0, 0.05) is 5.69 Å².